The van der Waals surface area contributed by atoms with Gasteiger partial charge in [-0.25, -0.2) is 0 Å². The minimum atomic E-state index is -0.827. The molecule has 3 aliphatic rings. The fourth-order valence-corrected chi connectivity index (χ4v) is 9.71. The SMILES string of the molecule is C=CCN(C)C(=O)[C@@H]1[C@H]2C(=O)N([C@@H](CO)Cc3ccccc3)C(C(=O)N(CC=C)c3c(C)cccc3C)C23CC[C@H]1S3. The van der Waals surface area contributed by atoms with Crippen LogP contribution < -0.4 is 4.90 Å². The van der Waals surface area contributed by atoms with Crippen LogP contribution in [0.2, 0.25) is 0 Å². The van der Waals surface area contributed by atoms with Gasteiger partial charge >= 0.3 is 0 Å². The van der Waals surface area contributed by atoms with Crippen molar-refractivity contribution in [2.75, 3.05) is 31.6 Å². The number of likely N-dealkylation sites (N-methyl/N-ethyl adjacent to an activating group) is 1. The van der Waals surface area contributed by atoms with Crippen LogP contribution in [-0.4, -0.2) is 81.5 Å². The van der Waals surface area contributed by atoms with Gasteiger partial charge in [-0.3, -0.25) is 14.4 Å². The van der Waals surface area contributed by atoms with Gasteiger partial charge in [-0.2, -0.15) is 0 Å². The van der Waals surface area contributed by atoms with Gasteiger partial charge in [0.1, 0.15) is 6.04 Å². The van der Waals surface area contributed by atoms with E-state index in [1.54, 1.807) is 45.7 Å². The third-order valence-corrected chi connectivity index (χ3v) is 11.2. The first-order chi connectivity index (χ1) is 20.2. The van der Waals surface area contributed by atoms with E-state index in [1.165, 1.54) is 0 Å². The lowest BCUT2D eigenvalue weighted by Crippen LogP contribution is -2.58. The molecule has 2 unspecified atom stereocenters. The maximum absolute atomic E-state index is 15.0. The van der Waals surface area contributed by atoms with Crippen molar-refractivity contribution >= 4 is 35.2 Å². The van der Waals surface area contributed by atoms with Crippen molar-refractivity contribution in [3.63, 3.8) is 0 Å². The standard InChI is InChI=1S/C34H41N3O4S/c1-6-18-35(5)31(39)27-26-16-17-34(42-26)28(27)32(40)37(25(21-38)20-24-14-9-8-10-15-24)30(34)33(41)36(19-7-2)29-22(3)12-11-13-23(29)4/h6-15,25-28,30,38H,1-2,16-21H2,3-5H3/t25-,26-,27+,28+,30?,34?/m1/s1. The number of carbonyl (C=O) groups is 3. The summed E-state index contributed by atoms with van der Waals surface area (Å²) in [7, 11) is 1.74. The molecule has 3 fully saturated rings. The molecular weight excluding hydrogens is 546 g/mol. The number of aliphatic hydroxyl groups excluding tert-OH is 1. The molecule has 2 aromatic rings. The van der Waals surface area contributed by atoms with Crippen LogP contribution in [0.15, 0.2) is 73.8 Å². The minimum Gasteiger partial charge on any atom is -0.394 e. The predicted molar refractivity (Wildman–Crippen MR) is 168 cm³/mol. The number of amides is 3. The number of benzene rings is 2. The molecule has 2 aromatic carbocycles. The van der Waals surface area contributed by atoms with E-state index in [1.807, 2.05) is 62.4 Å². The second-order valence-electron chi connectivity index (χ2n) is 11.8. The summed E-state index contributed by atoms with van der Waals surface area (Å²) in [5.41, 5.74) is 3.70. The van der Waals surface area contributed by atoms with Crippen molar-refractivity contribution < 1.29 is 19.5 Å². The van der Waals surface area contributed by atoms with Crippen LogP contribution in [0.5, 0.6) is 0 Å². The van der Waals surface area contributed by atoms with Crippen LogP contribution >= 0.6 is 11.8 Å². The second kappa shape index (κ2) is 12.1. The van der Waals surface area contributed by atoms with Crippen molar-refractivity contribution in [3.05, 3.63) is 90.5 Å². The number of anilines is 1. The first kappa shape index (κ1) is 30.1. The summed E-state index contributed by atoms with van der Waals surface area (Å²) in [6.45, 7) is 12.1. The number of fused-ring (bicyclic) bond motifs is 1. The average molecular weight is 588 g/mol. The highest BCUT2D eigenvalue weighted by molar-refractivity contribution is 8.02. The highest BCUT2D eigenvalue weighted by Crippen LogP contribution is 2.67. The Balaban J connectivity index is 1.63. The lowest BCUT2D eigenvalue weighted by atomic mass is 9.70. The number of aryl methyl sites for hydroxylation is 2. The molecule has 42 heavy (non-hydrogen) atoms. The number of nitrogens with zero attached hydrogens (tertiary/aromatic N) is 3. The molecule has 0 aliphatic carbocycles. The minimum absolute atomic E-state index is 0.0362. The van der Waals surface area contributed by atoms with E-state index in [2.05, 4.69) is 13.2 Å². The van der Waals surface area contributed by atoms with Gasteiger partial charge in [0.2, 0.25) is 11.8 Å². The Morgan fingerprint density at radius 2 is 1.74 bits per heavy atom. The van der Waals surface area contributed by atoms with Crippen molar-refractivity contribution in [3.8, 4) is 0 Å². The Morgan fingerprint density at radius 3 is 2.36 bits per heavy atom. The molecule has 5 rings (SSSR count). The number of likely N-dealkylation sites (tertiary alicyclic amines) is 1. The summed E-state index contributed by atoms with van der Waals surface area (Å²) in [6.07, 6.45) is 5.23. The summed E-state index contributed by atoms with van der Waals surface area (Å²) < 4.78 is -0.756. The zero-order valence-corrected chi connectivity index (χ0v) is 25.6. The number of rotatable bonds is 11. The third-order valence-electron chi connectivity index (χ3n) is 9.24. The van der Waals surface area contributed by atoms with Crippen molar-refractivity contribution in [2.24, 2.45) is 11.8 Å². The lowest BCUT2D eigenvalue weighted by Gasteiger charge is -2.40. The van der Waals surface area contributed by atoms with Crippen LogP contribution in [0.1, 0.15) is 29.5 Å². The quantitative estimate of drug-likeness (QED) is 0.400. The maximum Gasteiger partial charge on any atom is 0.251 e. The number of hydrogen-bond donors (Lipinski definition) is 1. The monoisotopic (exact) mass is 587 g/mol. The van der Waals surface area contributed by atoms with Gasteiger partial charge in [0.25, 0.3) is 5.91 Å². The topological polar surface area (TPSA) is 81.2 Å². The molecule has 1 spiro atoms. The Bertz CT molecular complexity index is 1360. The van der Waals surface area contributed by atoms with E-state index in [4.69, 9.17) is 0 Å². The molecule has 3 aliphatic heterocycles. The van der Waals surface area contributed by atoms with Crippen molar-refractivity contribution in [1.82, 2.24) is 9.80 Å². The van der Waals surface area contributed by atoms with Crippen LogP contribution in [0.4, 0.5) is 5.69 Å². The molecule has 8 heteroatoms. The second-order valence-corrected chi connectivity index (χ2v) is 13.4. The Hall–Kier alpha value is -3.36. The molecule has 0 saturated carbocycles. The number of para-hydroxylation sites is 1. The van der Waals surface area contributed by atoms with Crippen LogP contribution in [-0.2, 0) is 20.8 Å². The fraction of sp³-hybridized carbons (Fsp3) is 0.441. The summed E-state index contributed by atoms with van der Waals surface area (Å²) >= 11 is 1.65. The summed E-state index contributed by atoms with van der Waals surface area (Å²) in [6, 6.07) is 14.2. The van der Waals surface area contributed by atoms with E-state index in [0.29, 0.717) is 19.4 Å². The number of hydrogen-bond acceptors (Lipinski definition) is 5. The molecule has 222 valence electrons. The Morgan fingerprint density at radius 1 is 1.07 bits per heavy atom. The zero-order chi connectivity index (χ0) is 30.2. The van der Waals surface area contributed by atoms with E-state index >= 15 is 0 Å². The third kappa shape index (κ3) is 4.88. The number of carbonyl (C=O) groups excluding carboxylic acids is 3. The Kier molecular flexibility index (Phi) is 8.67. The maximum atomic E-state index is 15.0. The van der Waals surface area contributed by atoms with Crippen molar-refractivity contribution in [1.29, 1.82) is 0 Å². The Labute approximate surface area is 253 Å². The molecular formula is C34H41N3O4S. The van der Waals surface area contributed by atoms with Gasteiger partial charge in [0.05, 0.1) is 29.2 Å². The van der Waals surface area contributed by atoms with Gasteiger partial charge in [-0.05, 0) is 49.8 Å². The van der Waals surface area contributed by atoms with Crippen LogP contribution in [0.3, 0.4) is 0 Å². The van der Waals surface area contributed by atoms with E-state index in [-0.39, 0.29) is 36.1 Å². The molecule has 6 atom stereocenters. The van der Waals surface area contributed by atoms with E-state index in [0.717, 1.165) is 28.8 Å². The molecule has 0 aromatic heterocycles. The molecule has 3 amide bonds. The van der Waals surface area contributed by atoms with Gasteiger partial charge < -0.3 is 19.8 Å². The van der Waals surface area contributed by atoms with Gasteiger partial charge in [0, 0.05) is 31.1 Å². The summed E-state index contributed by atoms with van der Waals surface area (Å²) in [4.78, 5) is 48.5. The van der Waals surface area contributed by atoms with E-state index < -0.39 is 28.7 Å². The summed E-state index contributed by atoms with van der Waals surface area (Å²) in [5.74, 6) is -1.63. The first-order valence-corrected chi connectivity index (χ1v) is 15.6. The molecule has 7 nitrogen and oxygen atoms in total. The van der Waals surface area contributed by atoms with Crippen molar-refractivity contribution in [2.45, 2.75) is 55.2 Å². The normalized spacial score (nSPS) is 26.6. The highest BCUT2D eigenvalue weighted by atomic mass is 32.2. The van der Waals surface area contributed by atoms with Gasteiger partial charge in [-0.1, -0.05) is 60.7 Å². The summed E-state index contributed by atoms with van der Waals surface area (Å²) in [5, 5.41) is 10.7. The average Bonchev–Trinajstić information content (AvgIpc) is 3.62. The van der Waals surface area contributed by atoms with Gasteiger partial charge in [-0.15, -0.1) is 24.9 Å². The molecule has 0 radical (unpaired) electrons. The number of aliphatic hydroxyl groups is 1. The van der Waals surface area contributed by atoms with Gasteiger partial charge in [0.15, 0.2) is 0 Å². The number of thioether (sulfide) groups is 1. The first-order valence-electron chi connectivity index (χ1n) is 14.7. The molecule has 1 N–H and O–H groups in total. The zero-order valence-electron chi connectivity index (χ0n) is 24.7. The van der Waals surface area contributed by atoms with E-state index in [9.17, 15) is 19.5 Å². The molecule has 3 heterocycles. The predicted octanol–water partition coefficient (Wildman–Crippen LogP) is 4.16. The smallest absolute Gasteiger partial charge is 0.251 e. The largest absolute Gasteiger partial charge is 0.394 e. The lowest BCUT2D eigenvalue weighted by molar-refractivity contribution is -0.144. The molecule has 2 bridgehead atoms. The van der Waals surface area contributed by atoms with Crippen LogP contribution in [0.25, 0.3) is 0 Å². The highest BCUT2D eigenvalue weighted by Gasteiger charge is 2.74. The van der Waals surface area contributed by atoms with Crippen LogP contribution in [0, 0.1) is 25.7 Å². The molecule has 3 saturated heterocycles. The fourth-order valence-electron chi connectivity index (χ4n) is 7.52.